The molecular weight excluding hydrogens is 379 g/mol. The van der Waals surface area contributed by atoms with Crippen LogP contribution in [0.15, 0.2) is 29.8 Å². The van der Waals surface area contributed by atoms with Gasteiger partial charge in [-0.2, -0.15) is 0 Å². The van der Waals surface area contributed by atoms with Crippen molar-refractivity contribution in [1.29, 1.82) is 0 Å². The van der Waals surface area contributed by atoms with Crippen LogP contribution in [0.25, 0.3) is 0 Å². The number of nitrogens with zero attached hydrogens (tertiary/aromatic N) is 1. The highest BCUT2D eigenvalue weighted by Crippen LogP contribution is 2.18. The maximum Gasteiger partial charge on any atom is 0.309 e. The molecule has 0 saturated heterocycles. The van der Waals surface area contributed by atoms with E-state index >= 15 is 0 Å². The Morgan fingerprint density at radius 3 is 2.74 bits per heavy atom. The van der Waals surface area contributed by atoms with Gasteiger partial charge in [0.1, 0.15) is 0 Å². The number of aliphatic carboxylic acids is 1. The number of amides is 1. The Kier molecular flexibility index (Phi) is 4.48. The number of rotatable bonds is 4. The van der Waals surface area contributed by atoms with Gasteiger partial charge in [-0.1, -0.05) is 0 Å². The maximum atomic E-state index is 11.9. The molecule has 2 aromatic heterocycles. The minimum absolute atomic E-state index is 0.128. The number of thiophene rings is 1. The van der Waals surface area contributed by atoms with E-state index in [-0.39, 0.29) is 12.3 Å². The number of carboxylic acids is 1. The number of carbonyl (C=O) groups is 2. The number of hydrogen-bond acceptors (Lipinski definition) is 4. The van der Waals surface area contributed by atoms with Gasteiger partial charge in [-0.3, -0.25) is 14.6 Å². The molecule has 7 heteroatoms. The van der Waals surface area contributed by atoms with Gasteiger partial charge in [-0.25, -0.2) is 0 Å². The molecule has 0 spiro atoms. The first-order valence-electron chi connectivity index (χ1n) is 5.26. The average Bonchev–Trinajstić information content (AvgIpc) is 2.78. The topological polar surface area (TPSA) is 79.3 Å². The molecule has 0 fully saturated rings. The van der Waals surface area contributed by atoms with Gasteiger partial charge in [0.15, 0.2) is 0 Å². The van der Waals surface area contributed by atoms with Crippen LogP contribution < -0.4 is 5.32 Å². The summed E-state index contributed by atoms with van der Waals surface area (Å²) in [6.07, 6.45) is 1.32. The highest BCUT2D eigenvalue weighted by Gasteiger charge is 2.09. The van der Waals surface area contributed by atoms with Crippen molar-refractivity contribution < 1.29 is 14.7 Å². The van der Waals surface area contributed by atoms with Crippen molar-refractivity contribution in [3.05, 3.63) is 43.9 Å². The molecule has 0 aliphatic heterocycles. The highest BCUT2D eigenvalue weighted by molar-refractivity contribution is 14.1. The smallest absolute Gasteiger partial charge is 0.309 e. The summed E-state index contributed by atoms with van der Waals surface area (Å²) in [4.78, 5) is 26.3. The van der Waals surface area contributed by atoms with Crippen LogP contribution >= 0.6 is 33.9 Å². The van der Waals surface area contributed by atoms with E-state index in [0.29, 0.717) is 16.9 Å². The molecule has 2 N–H and O–H groups in total. The quantitative estimate of drug-likeness (QED) is 0.790. The fraction of sp³-hybridized carbons (Fsp3) is 0.0833. The van der Waals surface area contributed by atoms with E-state index in [0.717, 1.165) is 2.88 Å². The van der Waals surface area contributed by atoms with Crippen LogP contribution in [-0.2, 0) is 11.2 Å². The maximum absolute atomic E-state index is 11.9. The first kappa shape index (κ1) is 13.9. The Bertz CT molecular complexity index is 610. The SMILES string of the molecule is O=C(O)Cc1ccc(NC(=O)c2csc(I)c2)cn1. The van der Waals surface area contributed by atoms with E-state index < -0.39 is 5.97 Å². The molecule has 0 bridgehead atoms. The molecule has 98 valence electrons. The van der Waals surface area contributed by atoms with E-state index in [4.69, 9.17) is 5.11 Å². The van der Waals surface area contributed by atoms with Gasteiger partial charge >= 0.3 is 5.97 Å². The number of carbonyl (C=O) groups excluding carboxylic acids is 1. The molecule has 0 unspecified atom stereocenters. The Hall–Kier alpha value is -1.48. The van der Waals surface area contributed by atoms with Crippen LogP contribution in [0.1, 0.15) is 16.1 Å². The first-order chi connectivity index (χ1) is 9.04. The highest BCUT2D eigenvalue weighted by atomic mass is 127. The Morgan fingerprint density at radius 1 is 1.42 bits per heavy atom. The van der Waals surface area contributed by atoms with Gasteiger partial charge in [-0.15, -0.1) is 11.3 Å². The summed E-state index contributed by atoms with van der Waals surface area (Å²) < 4.78 is 1.04. The van der Waals surface area contributed by atoms with Gasteiger partial charge in [0.2, 0.25) is 0 Å². The van der Waals surface area contributed by atoms with Crippen molar-refractivity contribution >= 4 is 51.5 Å². The summed E-state index contributed by atoms with van der Waals surface area (Å²) in [6.45, 7) is 0. The number of halogens is 1. The zero-order chi connectivity index (χ0) is 13.8. The van der Waals surface area contributed by atoms with Crippen LogP contribution in [0.2, 0.25) is 0 Å². The molecule has 0 atom stereocenters. The summed E-state index contributed by atoms with van der Waals surface area (Å²) in [6, 6.07) is 5.02. The third kappa shape index (κ3) is 4.00. The monoisotopic (exact) mass is 388 g/mol. The van der Waals surface area contributed by atoms with Crippen molar-refractivity contribution in [2.75, 3.05) is 5.32 Å². The van der Waals surface area contributed by atoms with E-state index in [1.807, 2.05) is 0 Å². The number of aromatic nitrogens is 1. The van der Waals surface area contributed by atoms with Crippen LogP contribution in [0.4, 0.5) is 5.69 Å². The standard InChI is InChI=1S/C12H9IN2O3S/c13-10-3-7(6-19-10)12(18)15-9-2-1-8(14-5-9)4-11(16)17/h1-3,5-6H,4H2,(H,15,18)(H,16,17). The zero-order valence-electron chi connectivity index (χ0n) is 9.59. The lowest BCUT2D eigenvalue weighted by atomic mass is 10.2. The number of pyridine rings is 1. The second-order valence-corrected chi connectivity index (χ2v) is 6.51. The van der Waals surface area contributed by atoms with E-state index in [2.05, 4.69) is 32.9 Å². The van der Waals surface area contributed by atoms with E-state index in [1.165, 1.54) is 17.5 Å². The van der Waals surface area contributed by atoms with Crippen LogP contribution in [0.5, 0.6) is 0 Å². The first-order valence-corrected chi connectivity index (χ1v) is 7.22. The van der Waals surface area contributed by atoms with E-state index in [9.17, 15) is 9.59 Å². The lowest BCUT2D eigenvalue weighted by molar-refractivity contribution is -0.136. The van der Waals surface area contributed by atoms with Crippen molar-refractivity contribution in [3.63, 3.8) is 0 Å². The van der Waals surface area contributed by atoms with Crippen LogP contribution in [0.3, 0.4) is 0 Å². The van der Waals surface area contributed by atoms with Crippen molar-refractivity contribution in [1.82, 2.24) is 4.98 Å². The minimum Gasteiger partial charge on any atom is -0.481 e. The number of nitrogens with one attached hydrogen (secondary N) is 1. The third-order valence-corrected chi connectivity index (χ3v) is 4.03. The lowest BCUT2D eigenvalue weighted by Crippen LogP contribution is -2.11. The largest absolute Gasteiger partial charge is 0.481 e. The molecule has 0 aliphatic carbocycles. The van der Waals surface area contributed by atoms with Crippen LogP contribution in [0, 0.1) is 2.88 Å². The molecule has 2 heterocycles. The van der Waals surface area contributed by atoms with Crippen LogP contribution in [-0.4, -0.2) is 22.0 Å². The van der Waals surface area contributed by atoms with Gasteiger partial charge in [-0.05, 0) is 40.8 Å². The molecule has 5 nitrogen and oxygen atoms in total. The van der Waals surface area contributed by atoms with Gasteiger partial charge in [0.05, 0.1) is 32.4 Å². The molecule has 0 aliphatic rings. The molecule has 0 saturated carbocycles. The summed E-state index contributed by atoms with van der Waals surface area (Å²) in [5, 5.41) is 13.1. The van der Waals surface area contributed by atoms with Crippen molar-refractivity contribution in [2.24, 2.45) is 0 Å². The fourth-order valence-electron chi connectivity index (χ4n) is 1.39. The minimum atomic E-state index is -0.933. The molecular formula is C12H9IN2O3S. The lowest BCUT2D eigenvalue weighted by Gasteiger charge is -2.04. The summed E-state index contributed by atoms with van der Waals surface area (Å²) >= 11 is 3.65. The molecule has 0 radical (unpaired) electrons. The summed E-state index contributed by atoms with van der Waals surface area (Å²) in [7, 11) is 0. The number of anilines is 1. The molecule has 0 aromatic carbocycles. The van der Waals surface area contributed by atoms with Gasteiger partial charge in [0.25, 0.3) is 5.91 Å². The molecule has 2 aromatic rings. The summed E-state index contributed by atoms with van der Waals surface area (Å²) in [5.74, 6) is -1.14. The van der Waals surface area contributed by atoms with Crippen molar-refractivity contribution in [3.8, 4) is 0 Å². The molecule has 2 rings (SSSR count). The predicted octanol–water partition coefficient (Wildman–Crippen LogP) is 2.63. The Balaban J connectivity index is 2.03. The Labute approximate surface area is 126 Å². The van der Waals surface area contributed by atoms with Gasteiger partial charge in [0, 0.05) is 5.38 Å². The van der Waals surface area contributed by atoms with Gasteiger partial charge < -0.3 is 10.4 Å². The average molecular weight is 388 g/mol. The van der Waals surface area contributed by atoms with E-state index in [1.54, 1.807) is 23.6 Å². The number of hydrogen-bond donors (Lipinski definition) is 2. The zero-order valence-corrected chi connectivity index (χ0v) is 12.6. The van der Waals surface area contributed by atoms with Crippen molar-refractivity contribution in [2.45, 2.75) is 6.42 Å². The Morgan fingerprint density at radius 2 is 2.21 bits per heavy atom. The predicted molar refractivity (Wildman–Crippen MR) is 80.6 cm³/mol. The number of carboxylic acid groups (broad SMARTS) is 1. The molecule has 19 heavy (non-hydrogen) atoms. The fourth-order valence-corrected chi connectivity index (χ4v) is 2.72. The normalized spacial score (nSPS) is 10.2. The third-order valence-electron chi connectivity index (χ3n) is 2.24. The second-order valence-electron chi connectivity index (χ2n) is 3.70. The second kappa shape index (κ2) is 6.11. The molecule has 1 amide bonds. The summed E-state index contributed by atoms with van der Waals surface area (Å²) in [5.41, 5.74) is 1.60.